The van der Waals surface area contributed by atoms with Gasteiger partial charge in [-0.2, -0.15) is 0 Å². The van der Waals surface area contributed by atoms with Gasteiger partial charge in [-0.15, -0.1) is 11.6 Å². The first-order valence-corrected chi connectivity index (χ1v) is 5.46. The number of alkyl halides is 1. The average molecular weight is 275 g/mol. The Morgan fingerprint density at radius 3 is 2.17 bits per heavy atom. The normalized spacial score (nSPS) is 12.5. The van der Waals surface area contributed by atoms with E-state index in [4.69, 9.17) is 11.6 Å². The van der Waals surface area contributed by atoms with Crippen molar-refractivity contribution in [1.82, 2.24) is 0 Å². The molecule has 0 bridgehead atoms. The SMILES string of the molecule is Fc1cccc(C(Cl)c2cc(F)c(F)cc2F)c1. The van der Waals surface area contributed by atoms with Gasteiger partial charge in [0.2, 0.25) is 0 Å². The predicted molar refractivity (Wildman–Crippen MR) is 60.4 cm³/mol. The van der Waals surface area contributed by atoms with Gasteiger partial charge in [-0.25, -0.2) is 17.6 Å². The summed E-state index contributed by atoms with van der Waals surface area (Å²) in [7, 11) is 0. The van der Waals surface area contributed by atoms with Crippen LogP contribution in [0.15, 0.2) is 36.4 Å². The standard InChI is InChI=1S/C13H7ClF4/c14-13(7-2-1-3-8(15)4-7)9-5-11(17)12(18)6-10(9)16/h1-6,13H. The summed E-state index contributed by atoms with van der Waals surface area (Å²) >= 11 is 5.94. The van der Waals surface area contributed by atoms with Crippen molar-refractivity contribution in [3.8, 4) is 0 Å². The summed E-state index contributed by atoms with van der Waals surface area (Å²) in [5.74, 6) is -4.01. The van der Waals surface area contributed by atoms with E-state index in [-0.39, 0.29) is 11.1 Å². The summed E-state index contributed by atoms with van der Waals surface area (Å²) in [6.07, 6.45) is 0. The van der Waals surface area contributed by atoms with E-state index in [9.17, 15) is 17.6 Å². The van der Waals surface area contributed by atoms with E-state index < -0.39 is 28.6 Å². The molecule has 0 N–H and O–H groups in total. The molecule has 0 aromatic heterocycles. The largest absolute Gasteiger partial charge is 0.207 e. The Hall–Kier alpha value is -1.55. The summed E-state index contributed by atoms with van der Waals surface area (Å²) in [5, 5.41) is -1.09. The van der Waals surface area contributed by atoms with Crippen LogP contribution in [0.3, 0.4) is 0 Å². The van der Waals surface area contributed by atoms with E-state index in [1.54, 1.807) is 0 Å². The lowest BCUT2D eigenvalue weighted by Crippen LogP contribution is -2.00. The maximum atomic E-state index is 13.5. The number of rotatable bonds is 2. The topological polar surface area (TPSA) is 0 Å². The minimum atomic E-state index is -1.29. The van der Waals surface area contributed by atoms with Crippen molar-refractivity contribution in [3.05, 3.63) is 70.8 Å². The third-order valence-corrected chi connectivity index (χ3v) is 2.94. The maximum Gasteiger partial charge on any atom is 0.161 e. The van der Waals surface area contributed by atoms with Gasteiger partial charge in [-0.3, -0.25) is 0 Å². The quantitative estimate of drug-likeness (QED) is 0.427. The highest BCUT2D eigenvalue weighted by Crippen LogP contribution is 2.31. The van der Waals surface area contributed by atoms with E-state index in [1.165, 1.54) is 18.2 Å². The van der Waals surface area contributed by atoms with Crippen LogP contribution in [0.4, 0.5) is 17.6 Å². The fourth-order valence-corrected chi connectivity index (χ4v) is 1.88. The first-order chi connectivity index (χ1) is 8.49. The summed E-state index contributed by atoms with van der Waals surface area (Å²) in [5.41, 5.74) is 0.0303. The molecule has 2 aromatic carbocycles. The third kappa shape index (κ3) is 2.48. The second-order valence-corrected chi connectivity index (χ2v) is 4.14. The van der Waals surface area contributed by atoms with Crippen LogP contribution in [-0.2, 0) is 0 Å². The van der Waals surface area contributed by atoms with Crippen LogP contribution in [0.25, 0.3) is 0 Å². The van der Waals surface area contributed by atoms with E-state index in [1.807, 2.05) is 0 Å². The number of halogens is 5. The van der Waals surface area contributed by atoms with Crippen molar-refractivity contribution < 1.29 is 17.6 Å². The van der Waals surface area contributed by atoms with Crippen molar-refractivity contribution in [1.29, 1.82) is 0 Å². The summed E-state index contributed by atoms with van der Waals surface area (Å²) in [6.45, 7) is 0. The van der Waals surface area contributed by atoms with Crippen molar-refractivity contribution >= 4 is 11.6 Å². The Balaban J connectivity index is 2.46. The van der Waals surface area contributed by atoms with Crippen LogP contribution < -0.4 is 0 Å². The number of hydrogen-bond donors (Lipinski definition) is 0. The predicted octanol–water partition coefficient (Wildman–Crippen LogP) is 4.57. The van der Waals surface area contributed by atoms with Gasteiger partial charge in [0.15, 0.2) is 11.6 Å². The first-order valence-electron chi connectivity index (χ1n) is 5.03. The summed E-state index contributed by atoms with van der Waals surface area (Å²) in [6, 6.07) is 6.28. The summed E-state index contributed by atoms with van der Waals surface area (Å²) < 4.78 is 52.3. The van der Waals surface area contributed by atoms with Crippen LogP contribution in [0.5, 0.6) is 0 Å². The highest BCUT2D eigenvalue weighted by molar-refractivity contribution is 6.22. The lowest BCUT2D eigenvalue weighted by molar-refractivity contribution is 0.490. The average Bonchev–Trinajstić information content (AvgIpc) is 2.33. The second-order valence-electron chi connectivity index (χ2n) is 3.71. The molecule has 5 heteroatoms. The Kier molecular flexibility index (Phi) is 3.57. The van der Waals surface area contributed by atoms with Crippen LogP contribution in [-0.4, -0.2) is 0 Å². The monoisotopic (exact) mass is 274 g/mol. The molecule has 0 radical (unpaired) electrons. The molecule has 0 aliphatic heterocycles. The molecule has 0 saturated carbocycles. The molecule has 0 spiro atoms. The molecule has 0 aliphatic carbocycles. The fourth-order valence-electron chi connectivity index (χ4n) is 1.58. The lowest BCUT2D eigenvalue weighted by Gasteiger charge is -2.12. The van der Waals surface area contributed by atoms with Gasteiger partial charge in [0.25, 0.3) is 0 Å². The smallest absolute Gasteiger partial charge is 0.161 e. The maximum absolute atomic E-state index is 13.5. The molecule has 0 aliphatic rings. The van der Waals surface area contributed by atoms with Gasteiger partial charge in [0.1, 0.15) is 11.6 Å². The molecule has 0 amide bonds. The Morgan fingerprint density at radius 1 is 0.833 bits per heavy atom. The fraction of sp³-hybridized carbons (Fsp3) is 0.0769. The van der Waals surface area contributed by atoms with Crippen molar-refractivity contribution in [2.75, 3.05) is 0 Å². The van der Waals surface area contributed by atoms with Crippen LogP contribution >= 0.6 is 11.6 Å². The van der Waals surface area contributed by atoms with Crippen molar-refractivity contribution in [2.45, 2.75) is 5.38 Å². The zero-order valence-corrected chi connectivity index (χ0v) is 9.69. The minimum absolute atomic E-state index is 0.235. The Morgan fingerprint density at radius 2 is 1.50 bits per heavy atom. The van der Waals surface area contributed by atoms with Crippen molar-refractivity contribution in [2.24, 2.45) is 0 Å². The van der Waals surface area contributed by atoms with Gasteiger partial charge in [-0.05, 0) is 23.8 Å². The van der Waals surface area contributed by atoms with E-state index in [2.05, 4.69) is 0 Å². The zero-order valence-electron chi connectivity index (χ0n) is 8.93. The van der Waals surface area contributed by atoms with E-state index >= 15 is 0 Å². The lowest BCUT2D eigenvalue weighted by atomic mass is 10.0. The highest BCUT2D eigenvalue weighted by Gasteiger charge is 2.18. The molecule has 2 rings (SSSR count). The third-order valence-electron chi connectivity index (χ3n) is 2.45. The van der Waals surface area contributed by atoms with Crippen LogP contribution in [0.1, 0.15) is 16.5 Å². The van der Waals surface area contributed by atoms with Gasteiger partial charge >= 0.3 is 0 Å². The molecular formula is C13H7ClF4. The first kappa shape index (κ1) is 12.9. The molecule has 0 heterocycles. The summed E-state index contributed by atoms with van der Waals surface area (Å²) in [4.78, 5) is 0. The highest BCUT2D eigenvalue weighted by atomic mass is 35.5. The molecule has 94 valence electrons. The molecule has 1 atom stereocenters. The van der Waals surface area contributed by atoms with Gasteiger partial charge < -0.3 is 0 Å². The molecule has 0 saturated heterocycles. The minimum Gasteiger partial charge on any atom is -0.207 e. The van der Waals surface area contributed by atoms with Gasteiger partial charge in [0.05, 0.1) is 5.38 Å². The van der Waals surface area contributed by atoms with E-state index in [0.29, 0.717) is 12.1 Å². The van der Waals surface area contributed by atoms with Crippen molar-refractivity contribution in [3.63, 3.8) is 0 Å². The van der Waals surface area contributed by atoms with Gasteiger partial charge in [-0.1, -0.05) is 12.1 Å². The Bertz CT molecular complexity index is 583. The second kappa shape index (κ2) is 4.98. The molecule has 1 unspecified atom stereocenters. The molecule has 18 heavy (non-hydrogen) atoms. The van der Waals surface area contributed by atoms with E-state index in [0.717, 1.165) is 6.07 Å². The van der Waals surface area contributed by atoms with Crippen LogP contribution in [0, 0.1) is 23.3 Å². The molecular weight excluding hydrogens is 268 g/mol. The van der Waals surface area contributed by atoms with Crippen LogP contribution in [0.2, 0.25) is 0 Å². The Labute approximate surface area is 106 Å². The van der Waals surface area contributed by atoms with Gasteiger partial charge in [0, 0.05) is 11.6 Å². The number of benzene rings is 2. The molecule has 0 fully saturated rings. The zero-order chi connectivity index (χ0) is 13.3. The molecule has 0 nitrogen and oxygen atoms in total. The number of hydrogen-bond acceptors (Lipinski definition) is 0. The molecule has 2 aromatic rings.